The van der Waals surface area contributed by atoms with Gasteiger partial charge in [0.1, 0.15) is 5.82 Å². The van der Waals surface area contributed by atoms with Crippen LogP contribution in [0.25, 0.3) is 0 Å². The second kappa shape index (κ2) is 8.99. The first-order valence-corrected chi connectivity index (χ1v) is 10.7. The van der Waals surface area contributed by atoms with E-state index < -0.39 is 24.0 Å². The maximum atomic E-state index is 12.2. The highest BCUT2D eigenvalue weighted by molar-refractivity contribution is 5.84. The molecule has 1 aromatic heterocycles. The summed E-state index contributed by atoms with van der Waals surface area (Å²) >= 11 is 0. The molecular formula is C25H26N4O4. The van der Waals surface area contributed by atoms with Gasteiger partial charge in [-0.1, -0.05) is 60.7 Å². The van der Waals surface area contributed by atoms with E-state index in [4.69, 9.17) is 4.74 Å². The Morgan fingerprint density at radius 1 is 1.12 bits per heavy atom. The van der Waals surface area contributed by atoms with Gasteiger partial charge in [-0.3, -0.25) is 4.79 Å². The second-order valence-corrected chi connectivity index (χ2v) is 8.42. The van der Waals surface area contributed by atoms with Crippen molar-refractivity contribution in [2.75, 3.05) is 9.80 Å². The van der Waals surface area contributed by atoms with Crippen LogP contribution >= 0.6 is 0 Å². The van der Waals surface area contributed by atoms with E-state index in [0.29, 0.717) is 5.82 Å². The number of amides is 1. The Balaban J connectivity index is 1.77. The molecule has 1 amide bonds. The van der Waals surface area contributed by atoms with Crippen LogP contribution in [0.1, 0.15) is 44.0 Å². The highest BCUT2D eigenvalue weighted by Crippen LogP contribution is 2.45. The van der Waals surface area contributed by atoms with Crippen LogP contribution in [-0.4, -0.2) is 39.3 Å². The van der Waals surface area contributed by atoms with Crippen molar-refractivity contribution in [3.05, 3.63) is 84.1 Å². The van der Waals surface area contributed by atoms with Gasteiger partial charge in [0.05, 0.1) is 17.7 Å². The number of hydrogen-bond donors (Lipinski definition) is 1. The highest BCUT2D eigenvalue weighted by Gasteiger charge is 2.49. The Morgan fingerprint density at radius 3 is 2.36 bits per heavy atom. The summed E-state index contributed by atoms with van der Waals surface area (Å²) < 4.78 is 6.06. The molecule has 3 atom stereocenters. The van der Waals surface area contributed by atoms with Crippen molar-refractivity contribution < 1.29 is 19.4 Å². The molecule has 8 nitrogen and oxygen atoms in total. The Morgan fingerprint density at radius 2 is 1.76 bits per heavy atom. The lowest BCUT2D eigenvalue weighted by atomic mass is 9.91. The molecule has 1 unspecified atom stereocenters. The molecule has 8 heteroatoms. The molecule has 2 aromatic carbocycles. The minimum Gasteiger partial charge on any atom is -0.465 e. The first-order chi connectivity index (χ1) is 15.8. The van der Waals surface area contributed by atoms with Gasteiger partial charge in [-0.15, -0.1) is 0 Å². The number of aldehydes is 1. The molecule has 0 spiro atoms. The molecule has 1 aliphatic rings. The SMILES string of the molecule is C[C@@H](c1ccccc1)N(C(=O)O)c1nccc(N2C(C=O)OC(C)(C)[C@@H]2c2ccccc2)n1. The number of carbonyl (C=O) groups excluding carboxylic acids is 1. The van der Waals surface area contributed by atoms with Crippen molar-refractivity contribution in [2.24, 2.45) is 0 Å². The van der Waals surface area contributed by atoms with E-state index in [0.717, 1.165) is 22.3 Å². The molecular weight excluding hydrogens is 420 g/mol. The summed E-state index contributed by atoms with van der Waals surface area (Å²) in [4.78, 5) is 35.9. The van der Waals surface area contributed by atoms with E-state index in [9.17, 15) is 14.7 Å². The van der Waals surface area contributed by atoms with Crippen molar-refractivity contribution in [3.8, 4) is 0 Å². The number of benzene rings is 2. The van der Waals surface area contributed by atoms with Crippen LogP contribution in [-0.2, 0) is 9.53 Å². The van der Waals surface area contributed by atoms with Crippen LogP contribution in [0.3, 0.4) is 0 Å². The number of aromatic nitrogens is 2. The molecule has 2 heterocycles. The van der Waals surface area contributed by atoms with Crippen molar-refractivity contribution in [1.29, 1.82) is 0 Å². The van der Waals surface area contributed by atoms with Gasteiger partial charge in [0, 0.05) is 6.20 Å². The number of ether oxygens (including phenoxy) is 1. The Bertz CT molecular complexity index is 1120. The zero-order valence-electron chi connectivity index (χ0n) is 18.7. The zero-order valence-corrected chi connectivity index (χ0v) is 18.7. The zero-order chi connectivity index (χ0) is 23.6. The molecule has 1 saturated heterocycles. The molecule has 1 fully saturated rings. The van der Waals surface area contributed by atoms with Crippen LogP contribution in [0.4, 0.5) is 16.6 Å². The van der Waals surface area contributed by atoms with E-state index in [1.807, 2.05) is 74.5 Å². The smallest absolute Gasteiger partial charge is 0.414 e. The van der Waals surface area contributed by atoms with Crippen molar-refractivity contribution in [1.82, 2.24) is 9.97 Å². The third kappa shape index (κ3) is 4.29. The van der Waals surface area contributed by atoms with Gasteiger partial charge in [0.15, 0.2) is 12.5 Å². The predicted molar refractivity (Wildman–Crippen MR) is 124 cm³/mol. The van der Waals surface area contributed by atoms with Crippen molar-refractivity contribution in [3.63, 3.8) is 0 Å². The summed E-state index contributed by atoms with van der Waals surface area (Å²) in [6.45, 7) is 5.62. The van der Waals surface area contributed by atoms with E-state index in [2.05, 4.69) is 9.97 Å². The number of carboxylic acid groups (broad SMARTS) is 1. The summed E-state index contributed by atoms with van der Waals surface area (Å²) in [5, 5.41) is 9.98. The normalized spacial score (nSPS) is 20.3. The largest absolute Gasteiger partial charge is 0.465 e. The lowest BCUT2D eigenvalue weighted by molar-refractivity contribution is -0.120. The quantitative estimate of drug-likeness (QED) is 0.553. The topological polar surface area (TPSA) is 95.9 Å². The van der Waals surface area contributed by atoms with Crippen LogP contribution in [0.5, 0.6) is 0 Å². The molecule has 0 aliphatic carbocycles. The average molecular weight is 447 g/mol. The molecule has 1 aliphatic heterocycles. The maximum absolute atomic E-state index is 12.2. The van der Waals surface area contributed by atoms with E-state index in [-0.39, 0.29) is 12.0 Å². The van der Waals surface area contributed by atoms with Gasteiger partial charge in [-0.05, 0) is 38.0 Å². The summed E-state index contributed by atoms with van der Waals surface area (Å²) in [5.41, 5.74) is 1.08. The van der Waals surface area contributed by atoms with Crippen LogP contribution < -0.4 is 9.80 Å². The first-order valence-electron chi connectivity index (χ1n) is 10.7. The lowest BCUT2D eigenvalue weighted by Crippen LogP contribution is -2.38. The fraction of sp³-hybridized carbons (Fsp3) is 0.280. The second-order valence-electron chi connectivity index (χ2n) is 8.42. The van der Waals surface area contributed by atoms with Crippen LogP contribution in [0.2, 0.25) is 0 Å². The van der Waals surface area contributed by atoms with Gasteiger partial charge in [0.2, 0.25) is 5.95 Å². The molecule has 0 radical (unpaired) electrons. The molecule has 33 heavy (non-hydrogen) atoms. The number of nitrogens with zero attached hydrogens (tertiary/aromatic N) is 4. The van der Waals surface area contributed by atoms with Gasteiger partial charge < -0.3 is 14.7 Å². The Labute approximate surface area is 192 Å². The Kier molecular flexibility index (Phi) is 6.11. The molecule has 1 N–H and O–H groups in total. The van der Waals surface area contributed by atoms with Gasteiger partial charge >= 0.3 is 6.09 Å². The molecule has 170 valence electrons. The molecule has 0 saturated carbocycles. The van der Waals surface area contributed by atoms with Crippen LogP contribution in [0, 0.1) is 0 Å². The lowest BCUT2D eigenvalue weighted by Gasteiger charge is -2.32. The van der Waals surface area contributed by atoms with Crippen molar-refractivity contribution >= 4 is 24.1 Å². The van der Waals surface area contributed by atoms with Crippen LogP contribution in [0.15, 0.2) is 72.9 Å². The monoisotopic (exact) mass is 446 g/mol. The van der Waals surface area contributed by atoms with Gasteiger partial charge in [-0.2, -0.15) is 4.98 Å². The number of carbonyl (C=O) groups is 2. The third-order valence-corrected chi connectivity index (χ3v) is 5.85. The predicted octanol–water partition coefficient (Wildman–Crippen LogP) is 4.60. The minimum absolute atomic E-state index is 0.0255. The number of anilines is 2. The summed E-state index contributed by atoms with van der Waals surface area (Å²) in [6, 6.07) is 19.8. The highest BCUT2D eigenvalue weighted by atomic mass is 16.5. The van der Waals surface area contributed by atoms with E-state index in [1.54, 1.807) is 17.9 Å². The maximum Gasteiger partial charge on any atom is 0.414 e. The fourth-order valence-electron chi connectivity index (χ4n) is 4.37. The Hall–Kier alpha value is -3.78. The van der Waals surface area contributed by atoms with Gasteiger partial charge in [-0.25, -0.2) is 14.7 Å². The molecule has 3 aromatic rings. The average Bonchev–Trinajstić information content (AvgIpc) is 3.10. The number of hydrogen-bond acceptors (Lipinski definition) is 6. The molecule has 0 bridgehead atoms. The molecule has 4 rings (SSSR count). The van der Waals surface area contributed by atoms with Crippen molar-refractivity contribution in [2.45, 2.75) is 44.7 Å². The van der Waals surface area contributed by atoms with E-state index >= 15 is 0 Å². The minimum atomic E-state index is -1.17. The van der Waals surface area contributed by atoms with E-state index in [1.165, 1.54) is 6.20 Å². The fourth-order valence-corrected chi connectivity index (χ4v) is 4.37. The summed E-state index contributed by atoms with van der Waals surface area (Å²) in [7, 11) is 0. The first kappa shape index (κ1) is 22.4. The standard InChI is InChI=1S/C25H26N4O4/c1-17(18-10-6-4-7-11-18)28(24(31)32)23-26-15-14-20(27-23)29-21(16-30)33-25(2,3)22(29)19-12-8-5-9-13-19/h4-17,21-22H,1-3H3,(H,31,32)/t17-,21?,22-/m0/s1. The number of rotatable bonds is 6. The third-order valence-electron chi connectivity index (χ3n) is 5.85. The summed E-state index contributed by atoms with van der Waals surface area (Å²) in [6.07, 6.45) is 0.181. The summed E-state index contributed by atoms with van der Waals surface area (Å²) in [5.74, 6) is 0.431. The van der Waals surface area contributed by atoms with Gasteiger partial charge in [0.25, 0.3) is 0 Å².